The Bertz CT molecular complexity index is 628. The third-order valence-corrected chi connectivity index (χ3v) is 3.77. The molecule has 1 aliphatic rings. The second kappa shape index (κ2) is 6.55. The lowest BCUT2D eigenvalue weighted by Gasteiger charge is -2.31. The zero-order valence-electron chi connectivity index (χ0n) is 12.5. The minimum absolute atomic E-state index is 0.114. The van der Waals surface area contributed by atoms with Gasteiger partial charge in [0.2, 0.25) is 5.89 Å². The number of carbonyl (C=O) groups excluding carboxylic acids is 1. The summed E-state index contributed by atoms with van der Waals surface area (Å²) in [6.07, 6.45) is 5.94. The number of aromatic nitrogens is 3. The average Bonchev–Trinajstić information content (AvgIpc) is 3.05. The van der Waals surface area contributed by atoms with E-state index < -0.39 is 0 Å². The molecular weight excluding hydrogens is 282 g/mol. The Labute approximate surface area is 128 Å². The van der Waals surface area contributed by atoms with Crippen LogP contribution in [0.25, 0.3) is 0 Å². The first-order valence-electron chi connectivity index (χ1n) is 7.54. The summed E-state index contributed by atoms with van der Waals surface area (Å²) in [5.41, 5.74) is 0.697. The van der Waals surface area contributed by atoms with Crippen LogP contribution in [0.3, 0.4) is 0 Å². The molecule has 7 heteroatoms. The van der Waals surface area contributed by atoms with Crippen LogP contribution in [-0.2, 0) is 6.42 Å². The molecule has 1 fully saturated rings. The lowest BCUT2D eigenvalue weighted by Crippen LogP contribution is -2.41. The van der Waals surface area contributed by atoms with Crippen LogP contribution in [0.5, 0.6) is 0 Å². The molecule has 0 radical (unpaired) electrons. The fraction of sp³-hybridized carbons (Fsp3) is 0.467. The summed E-state index contributed by atoms with van der Waals surface area (Å²) >= 11 is 0. The fourth-order valence-electron chi connectivity index (χ4n) is 2.59. The number of rotatable bonds is 3. The molecule has 0 spiro atoms. The van der Waals surface area contributed by atoms with Gasteiger partial charge in [0, 0.05) is 31.6 Å². The van der Waals surface area contributed by atoms with Gasteiger partial charge in [0.05, 0.1) is 11.9 Å². The fourth-order valence-corrected chi connectivity index (χ4v) is 2.59. The van der Waals surface area contributed by atoms with Gasteiger partial charge >= 0.3 is 6.03 Å². The van der Waals surface area contributed by atoms with Gasteiger partial charge in [0.1, 0.15) is 0 Å². The highest BCUT2D eigenvalue weighted by Gasteiger charge is 2.27. The van der Waals surface area contributed by atoms with Crippen LogP contribution in [0.4, 0.5) is 10.5 Å². The van der Waals surface area contributed by atoms with Gasteiger partial charge in [-0.25, -0.2) is 4.79 Å². The Morgan fingerprint density at radius 2 is 2.45 bits per heavy atom. The molecule has 1 atom stereocenters. The molecule has 2 aromatic rings. The minimum Gasteiger partial charge on any atom is -0.339 e. The number of aryl methyl sites for hydroxylation is 1. The second-order valence-electron chi connectivity index (χ2n) is 5.36. The molecule has 0 unspecified atom stereocenters. The molecule has 0 saturated carbocycles. The molecule has 2 amide bonds. The standard InChI is InChI=1S/C15H19N5O2/c1-2-13-18-14(19-22-13)11-5-4-8-20(10-11)15(21)17-12-6-3-7-16-9-12/h3,6-7,9,11H,2,4-5,8,10H2,1H3,(H,17,21)/t11-/m0/s1. The zero-order valence-corrected chi connectivity index (χ0v) is 12.5. The lowest BCUT2D eigenvalue weighted by atomic mass is 9.97. The number of urea groups is 1. The SMILES string of the molecule is CCc1nc([C@H]2CCCN(C(=O)Nc3cccnc3)C2)no1. The topological polar surface area (TPSA) is 84.2 Å². The van der Waals surface area contributed by atoms with Crippen molar-refractivity contribution in [3.05, 3.63) is 36.2 Å². The summed E-state index contributed by atoms with van der Waals surface area (Å²) in [6, 6.07) is 3.50. The van der Waals surface area contributed by atoms with Crippen molar-refractivity contribution in [2.24, 2.45) is 0 Å². The molecule has 0 bridgehead atoms. The molecule has 1 N–H and O–H groups in total. The largest absolute Gasteiger partial charge is 0.339 e. The van der Waals surface area contributed by atoms with Gasteiger partial charge in [0.15, 0.2) is 5.82 Å². The summed E-state index contributed by atoms with van der Waals surface area (Å²) < 4.78 is 5.17. The van der Waals surface area contributed by atoms with Crippen LogP contribution in [0.2, 0.25) is 0 Å². The Balaban J connectivity index is 1.63. The normalized spacial score (nSPS) is 18.2. The van der Waals surface area contributed by atoms with E-state index in [0.29, 0.717) is 23.9 Å². The minimum atomic E-state index is -0.114. The Hall–Kier alpha value is -2.44. The molecule has 7 nitrogen and oxygen atoms in total. The summed E-state index contributed by atoms with van der Waals surface area (Å²) in [6.45, 7) is 3.32. The van der Waals surface area contributed by atoms with E-state index in [0.717, 1.165) is 25.8 Å². The molecule has 1 saturated heterocycles. The highest BCUT2D eigenvalue weighted by Crippen LogP contribution is 2.25. The van der Waals surface area contributed by atoms with Crippen LogP contribution in [0.15, 0.2) is 29.0 Å². The first-order valence-corrected chi connectivity index (χ1v) is 7.54. The number of hydrogen-bond acceptors (Lipinski definition) is 5. The lowest BCUT2D eigenvalue weighted by molar-refractivity contribution is 0.190. The van der Waals surface area contributed by atoms with Crippen molar-refractivity contribution in [3.8, 4) is 0 Å². The smallest absolute Gasteiger partial charge is 0.321 e. The highest BCUT2D eigenvalue weighted by atomic mass is 16.5. The molecule has 116 valence electrons. The van der Waals surface area contributed by atoms with E-state index in [1.807, 2.05) is 13.0 Å². The van der Waals surface area contributed by atoms with Gasteiger partial charge in [-0.15, -0.1) is 0 Å². The van der Waals surface area contributed by atoms with Gasteiger partial charge in [-0.2, -0.15) is 4.98 Å². The maximum atomic E-state index is 12.3. The van der Waals surface area contributed by atoms with Gasteiger partial charge in [-0.3, -0.25) is 4.98 Å². The number of piperidine rings is 1. The summed E-state index contributed by atoms with van der Waals surface area (Å²) in [5, 5.41) is 6.89. The van der Waals surface area contributed by atoms with E-state index in [9.17, 15) is 4.79 Å². The number of pyridine rings is 1. The van der Waals surface area contributed by atoms with Gasteiger partial charge in [-0.05, 0) is 25.0 Å². The number of hydrogen-bond donors (Lipinski definition) is 1. The average molecular weight is 301 g/mol. The van der Waals surface area contributed by atoms with E-state index in [-0.39, 0.29) is 11.9 Å². The third-order valence-electron chi connectivity index (χ3n) is 3.77. The van der Waals surface area contributed by atoms with Crippen molar-refractivity contribution in [2.45, 2.75) is 32.1 Å². The number of likely N-dealkylation sites (tertiary alicyclic amines) is 1. The Morgan fingerprint density at radius 3 is 3.18 bits per heavy atom. The predicted molar refractivity (Wildman–Crippen MR) is 80.5 cm³/mol. The monoisotopic (exact) mass is 301 g/mol. The van der Waals surface area contributed by atoms with E-state index in [4.69, 9.17) is 4.52 Å². The van der Waals surface area contributed by atoms with Crippen LogP contribution in [-0.4, -0.2) is 39.1 Å². The predicted octanol–water partition coefficient (Wildman–Crippen LogP) is 2.44. The molecule has 2 aromatic heterocycles. The second-order valence-corrected chi connectivity index (χ2v) is 5.36. The molecule has 3 heterocycles. The van der Waals surface area contributed by atoms with Crippen LogP contribution in [0, 0.1) is 0 Å². The van der Waals surface area contributed by atoms with Crippen LogP contribution < -0.4 is 5.32 Å². The first-order chi connectivity index (χ1) is 10.8. The van der Waals surface area contributed by atoms with E-state index in [1.54, 1.807) is 23.4 Å². The summed E-state index contributed by atoms with van der Waals surface area (Å²) in [5.74, 6) is 1.49. The molecular formula is C15H19N5O2. The Kier molecular flexibility index (Phi) is 4.32. The van der Waals surface area contributed by atoms with Crippen molar-refractivity contribution in [3.63, 3.8) is 0 Å². The molecule has 0 aliphatic carbocycles. The van der Waals surface area contributed by atoms with Crippen molar-refractivity contribution < 1.29 is 9.32 Å². The third kappa shape index (κ3) is 3.24. The number of amides is 2. The maximum absolute atomic E-state index is 12.3. The van der Waals surface area contributed by atoms with E-state index in [1.165, 1.54) is 0 Å². The molecule has 1 aliphatic heterocycles. The van der Waals surface area contributed by atoms with E-state index in [2.05, 4.69) is 20.4 Å². The number of nitrogens with zero attached hydrogens (tertiary/aromatic N) is 4. The van der Waals surface area contributed by atoms with E-state index >= 15 is 0 Å². The molecule has 0 aromatic carbocycles. The van der Waals surface area contributed by atoms with Gasteiger partial charge in [-0.1, -0.05) is 12.1 Å². The Morgan fingerprint density at radius 1 is 1.55 bits per heavy atom. The number of nitrogens with one attached hydrogen (secondary N) is 1. The van der Waals surface area contributed by atoms with Gasteiger partial charge < -0.3 is 14.7 Å². The molecule has 22 heavy (non-hydrogen) atoms. The number of anilines is 1. The first kappa shape index (κ1) is 14.5. The highest BCUT2D eigenvalue weighted by molar-refractivity contribution is 5.89. The van der Waals surface area contributed by atoms with Gasteiger partial charge in [0.25, 0.3) is 0 Å². The van der Waals surface area contributed by atoms with Crippen LogP contribution in [0.1, 0.15) is 37.4 Å². The van der Waals surface area contributed by atoms with Crippen molar-refractivity contribution in [1.82, 2.24) is 20.0 Å². The van der Waals surface area contributed by atoms with Crippen LogP contribution >= 0.6 is 0 Å². The van der Waals surface area contributed by atoms with Crippen molar-refractivity contribution in [2.75, 3.05) is 18.4 Å². The van der Waals surface area contributed by atoms with Crippen molar-refractivity contribution >= 4 is 11.7 Å². The summed E-state index contributed by atoms with van der Waals surface area (Å²) in [7, 11) is 0. The molecule has 3 rings (SSSR count). The quantitative estimate of drug-likeness (QED) is 0.941. The number of carbonyl (C=O) groups is 1. The maximum Gasteiger partial charge on any atom is 0.321 e. The van der Waals surface area contributed by atoms with Crippen molar-refractivity contribution in [1.29, 1.82) is 0 Å². The summed E-state index contributed by atoms with van der Waals surface area (Å²) in [4.78, 5) is 22.5. The zero-order chi connectivity index (χ0) is 15.4.